The van der Waals surface area contributed by atoms with E-state index in [9.17, 15) is 4.79 Å². The van der Waals surface area contributed by atoms with Crippen molar-refractivity contribution in [2.24, 2.45) is 16.6 Å². The van der Waals surface area contributed by atoms with Gasteiger partial charge in [-0.3, -0.25) is 4.79 Å². The molecule has 0 saturated heterocycles. The van der Waals surface area contributed by atoms with Crippen LogP contribution in [0.5, 0.6) is 0 Å². The van der Waals surface area contributed by atoms with Crippen LogP contribution in [-0.4, -0.2) is 11.9 Å². The number of hydrogen-bond acceptors (Lipinski definition) is 3. The molecule has 1 aliphatic rings. The van der Waals surface area contributed by atoms with Crippen LogP contribution in [0, 0.1) is 10.8 Å². The molecule has 1 saturated carbocycles. The summed E-state index contributed by atoms with van der Waals surface area (Å²) in [4.78, 5) is 12.1. The van der Waals surface area contributed by atoms with Gasteiger partial charge in [-0.2, -0.15) is 0 Å². The van der Waals surface area contributed by atoms with Crippen LogP contribution >= 0.6 is 11.3 Å². The van der Waals surface area contributed by atoms with Crippen molar-refractivity contribution >= 4 is 17.2 Å². The molecule has 1 heterocycles. The molecule has 1 aromatic rings. The molecular weight excluding hydrogens is 232 g/mol. The van der Waals surface area contributed by atoms with Crippen LogP contribution in [0.3, 0.4) is 0 Å². The standard InChI is InChI=1S/C13H20N2OS/c1-12(2)11(13(12,3)4)15-6-9-5-8(7-17-9)10(14)16/h5,7,11,15H,6H2,1-4H3,(H2,14,16). The van der Waals surface area contributed by atoms with Crippen LogP contribution in [-0.2, 0) is 6.54 Å². The minimum Gasteiger partial charge on any atom is -0.366 e. The van der Waals surface area contributed by atoms with E-state index in [2.05, 4.69) is 33.0 Å². The highest BCUT2D eigenvalue weighted by molar-refractivity contribution is 7.10. The van der Waals surface area contributed by atoms with Gasteiger partial charge < -0.3 is 11.1 Å². The topological polar surface area (TPSA) is 55.1 Å². The van der Waals surface area contributed by atoms with Gasteiger partial charge in [0.05, 0.1) is 5.56 Å². The summed E-state index contributed by atoms with van der Waals surface area (Å²) < 4.78 is 0. The van der Waals surface area contributed by atoms with Crippen molar-refractivity contribution in [2.45, 2.75) is 40.3 Å². The highest BCUT2D eigenvalue weighted by Gasteiger charge is 2.64. The molecular formula is C13H20N2OS. The van der Waals surface area contributed by atoms with E-state index in [1.54, 1.807) is 11.3 Å². The molecule has 2 rings (SSSR count). The van der Waals surface area contributed by atoms with Crippen LogP contribution < -0.4 is 11.1 Å². The van der Waals surface area contributed by atoms with Crippen LogP contribution in [0.1, 0.15) is 42.9 Å². The zero-order valence-electron chi connectivity index (χ0n) is 10.8. The molecule has 1 aromatic heterocycles. The maximum atomic E-state index is 11.0. The van der Waals surface area contributed by atoms with E-state index < -0.39 is 0 Å². The molecule has 0 spiro atoms. The molecule has 3 N–H and O–H groups in total. The molecule has 0 atom stereocenters. The Morgan fingerprint density at radius 1 is 1.41 bits per heavy atom. The van der Waals surface area contributed by atoms with Gasteiger partial charge in [0.2, 0.25) is 5.91 Å². The summed E-state index contributed by atoms with van der Waals surface area (Å²) in [5, 5.41) is 5.39. The molecule has 3 nitrogen and oxygen atoms in total. The first kappa shape index (κ1) is 12.6. The first-order valence-corrected chi connectivity index (χ1v) is 6.75. The summed E-state index contributed by atoms with van der Waals surface area (Å²) in [7, 11) is 0. The van der Waals surface area contributed by atoms with Crippen LogP contribution in [0.15, 0.2) is 11.4 Å². The summed E-state index contributed by atoms with van der Waals surface area (Å²) in [6.45, 7) is 9.96. The zero-order valence-corrected chi connectivity index (χ0v) is 11.6. The van der Waals surface area contributed by atoms with Crippen molar-refractivity contribution in [3.05, 3.63) is 21.9 Å². The van der Waals surface area contributed by atoms with E-state index in [0.29, 0.717) is 22.4 Å². The lowest BCUT2D eigenvalue weighted by atomic mass is 10.0. The molecule has 1 amide bonds. The molecule has 0 bridgehead atoms. The van der Waals surface area contributed by atoms with E-state index in [0.717, 1.165) is 11.4 Å². The summed E-state index contributed by atoms with van der Waals surface area (Å²) in [6, 6.07) is 2.41. The third-order valence-corrected chi connectivity index (χ3v) is 5.38. The van der Waals surface area contributed by atoms with Gasteiger partial charge in [-0.15, -0.1) is 11.3 Å². The van der Waals surface area contributed by atoms with Gasteiger partial charge in [-0.25, -0.2) is 0 Å². The fraction of sp³-hybridized carbons (Fsp3) is 0.615. The van der Waals surface area contributed by atoms with Gasteiger partial charge in [-0.1, -0.05) is 27.7 Å². The largest absolute Gasteiger partial charge is 0.366 e. The predicted octanol–water partition coefficient (Wildman–Crippen LogP) is 2.37. The van der Waals surface area contributed by atoms with Crippen molar-refractivity contribution in [3.8, 4) is 0 Å². The van der Waals surface area contributed by atoms with Gasteiger partial charge in [0.15, 0.2) is 0 Å². The summed E-state index contributed by atoms with van der Waals surface area (Å²) in [5.74, 6) is -0.348. The number of nitrogens with one attached hydrogen (secondary N) is 1. The fourth-order valence-electron chi connectivity index (χ4n) is 2.51. The smallest absolute Gasteiger partial charge is 0.249 e. The highest BCUT2D eigenvalue weighted by Crippen LogP contribution is 2.62. The van der Waals surface area contributed by atoms with E-state index in [1.807, 2.05) is 11.4 Å². The Morgan fingerprint density at radius 2 is 2.00 bits per heavy atom. The molecule has 94 valence electrons. The lowest BCUT2D eigenvalue weighted by Gasteiger charge is -2.04. The predicted molar refractivity (Wildman–Crippen MR) is 71.0 cm³/mol. The van der Waals surface area contributed by atoms with E-state index in [4.69, 9.17) is 5.73 Å². The molecule has 1 aliphatic carbocycles. The maximum absolute atomic E-state index is 11.0. The minimum atomic E-state index is -0.348. The van der Waals surface area contributed by atoms with Crippen molar-refractivity contribution in [1.82, 2.24) is 5.32 Å². The second kappa shape index (κ2) is 3.82. The van der Waals surface area contributed by atoms with Crippen molar-refractivity contribution in [1.29, 1.82) is 0 Å². The minimum absolute atomic E-state index is 0.344. The van der Waals surface area contributed by atoms with Gasteiger partial charge in [0, 0.05) is 22.8 Å². The quantitative estimate of drug-likeness (QED) is 0.864. The maximum Gasteiger partial charge on any atom is 0.249 e. The number of thiophene rings is 1. The number of rotatable bonds is 4. The Balaban J connectivity index is 1.93. The van der Waals surface area contributed by atoms with Gasteiger partial charge in [0.1, 0.15) is 0 Å². The fourth-order valence-corrected chi connectivity index (χ4v) is 3.34. The molecule has 1 fully saturated rings. The summed E-state index contributed by atoms with van der Waals surface area (Å²) >= 11 is 1.58. The SMILES string of the molecule is CC1(C)C(NCc2cc(C(N)=O)cs2)C1(C)C. The lowest BCUT2D eigenvalue weighted by Crippen LogP contribution is -2.21. The Labute approximate surface area is 106 Å². The lowest BCUT2D eigenvalue weighted by molar-refractivity contribution is 0.100. The Morgan fingerprint density at radius 3 is 2.41 bits per heavy atom. The number of nitrogens with two attached hydrogens (primary N) is 1. The molecule has 0 aromatic carbocycles. The van der Waals surface area contributed by atoms with Crippen molar-refractivity contribution < 1.29 is 4.79 Å². The Bertz CT molecular complexity index is 434. The monoisotopic (exact) mass is 252 g/mol. The van der Waals surface area contributed by atoms with E-state index >= 15 is 0 Å². The summed E-state index contributed by atoms with van der Waals surface area (Å²) in [5.41, 5.74) is 6.53. The normalized spacial score (nSPS) is 21.4. The van der Waals surface area contributed by atoms with Crippen LogP contribution in [0.2, 0.25) is 0 Å². The number of carbonyl (C=O) groups excluding carboxylic acids is 1. The molecule has 17 heavy (non-hydrogen) atoms. The zero-order chi connectivity index (χ0) is 12.8. The average Bonchev–Trinajstić information content (AvgIpc) is 2.58. The summed E-state index contributed by atoms with van der Waals surface area (Å²) in [6.07, 6.45) is 0. The Kier molecular flexibility index (Phi) is 2.83. The second-order valence-electron chi connectivity index (χ2n) is 5.92. The number of hydrogen-bond donors (Lipinski definition) is 2. The van der Waals surface area contributed by atoms with Gasteiger partial charge in [0.25, 0.3) is 0 Å². The third kappa shape index (κ3) is 2.00. The van der Waals surface area contributed by atoms with Crippen LogP contribution in [0.25, 0.3) is 0 Å². The third-order valence-electron chi connectivity index (χ3n) is 4.44. The molecule has 0 radical (unpaired) electrons. The van der Waals surface area contributed by atoms with E-state index in [-0.39, 0.29) is 5.91 Å². The molecule has 4 heteroatoms. The highest BCUT2D eigenvalue weighted by atomic mass is 32.1. The number of amides is 1. The first-order valence-electron chi connectivity index (χ1n) is 5.87. The molecule has 0 unspecified atom stereocenters. The van der Waals surface area contributed by atoms with E-state index in [1.165, 1.54) is 0 Å². The van der Waals surface area contributed by atoms with Crippen molar-refractivity contribution in [2.75, 3.05) is 0 Å². The second-order valence-corrected chi connectivity index (χ2v) is 6.92. The van der Waals surface area contributed by atoms with Gasteiger partial charge in [-0.05, 0) is 16.9 Å². The van der Waals surface area contributed by atoms with Crippen LogP contribution in [0.4, 0.5) is 0 Å². The van der Waals surface area contributed by atoms with Crippen molar-refractivity contribution in [3.63, 3.8) is 0 Å². The molecule has 0 aliphatic heterocycles. The average molecular weight is 252 g/mol. The number of carbonyl (C=O) groups is 1. The van der Waals surface area contributed by atoms with Gasteiger partial charge >= 0.3 is 0 Å². The Hall–Kier alpha value is -0.870. The number of primary amides is 1. The first-order chi connectivity index (χ1) is 7.76.